The molecule has 0 aliphatic heterocycles. The van der Waals surface area contributed by atoms with Crippen LogP contribution in [0.4, 0.5) is 5.69 Å². The van der Waals surface area contributed by atoms with E-state index in [0.717, 1.165) is 33.3 Å². The molecule has 9 nitrogen and oxygen atoms in total. The monoisotopic (exact) mass is 500 g/mol. The van der Waals surface area contributed by atoms with Gasteiger partial charge in [-0.2, -0.15) is 10.2 Å². The maximum absolute atomic E-state index is 12.6. The number of fused-ring (bicyclic) bond motifs is 1. The number of sulfonamides is 1. The molecule has 3 aromatic carbocycles. The van der Waals surface area contributed by atoms with Crippen molar-refractivity contribution in [3.63, 3.8) is 0 Å². The van der Waals surface area contributed by atoms with E-state index in [1.54, 1.807) is 73.5 Å². The Bertz CT molecular complexity index is 1640. The van der Waals surface area contributed by atoms with Crippen LogP contribution in [0.3, 0.4) is 0 Å². The molecule has 0 bridgehead atoms. The van der Waals surface area contributed by atoms with Gasteiger partial charge in [0.05, 0.1) is 16.6 Å². The van der Waals surface area contributed by atoms with Crippen LogP contribution in [0.5, 0.6) is 0 Å². The van der Waals surface area contributed by atoms with E-state index in [1.165, 1.54) is 0 Å². The van der Waals surface area contributed by atoms with Crippen molar-refractivity contribution >= 4 is 32.5 Å². The van der Waals surface area contributed by atoms with Gasteiger partial charge in [0.2, 0.25) is 5.91 Å². The second-order valence-electron chi connectivity index (χ2n) is 8.33. The van der Waals surface area contributed by atoms with Gasteiger partial charge in [-0.3, -0.25) is 19.3 Å². The summed E-state index contributed by atoms with van der Waals surface area (Å²) in [5.74, 6) is -0.125. The molecule has 1 unspecified atom stereocenters. The standard InChI is InChI=1S/C26H24N6O3S/c1-17(26(33)27-2)32-16-20(15-28-32)25-23-13-10-19(14-24(23)29-30-25)18-8-11-21(12-9-18)31-36(34,35)22-6-4-3-5-7-22/h3-17,31H,1-2H3,(H,27,33)(H,29,30). The highest BCUT2D eigenvalue weighted by Crippen LogP contribution is 2.31. The summed E-state index contributed by atoms with van der Waals surface area (Å²) in [7, 11) is -2.05. The van der Waals surface area contributed by atoms with E-state index in [1.807, 2.05) is 30.3 Å². The zero-order chi connectivity index (χ0) is 25.3. The summed E-state index contributed by atoms with van der Waals surface area (Å²) in [4.78, 5) is 12.1. The van der Waals surface area contributed by atoms with E-state index in [0.29, 0.717) is 5.69 Å². The second-order valence-corrected chi connectivity index (χ2v) is 10.0. The average Bonchev–Trinajstić information content (AvgIpc) is 3.55. The molecule has 2 aromatic heterocycles. The molecule has 1 amide bonds. The summed E-state index contributed by atoms with van der Waals surface area (Å²) < 4.78 is 29.3. The number of nitrogens with zero attached hydrogens (tertiary/aromatic N) is 3. The normalized spacial score (nSPS) is 12.4. The number of H-pyrrole nitrogens is 1. The van der Waals surface area contributed by atoms with Gasteiger partial charge in [-0.25, -0.2) is 8.42 Å². The average molecular weight is 501 g/mol. The minimum absolute atomic E-state index is 0.125. The molecule has 0 spiro atoms. The van der Waals surface area contributed by atoms with Crippen LogP contribution < -0.4 is 10.0 Å². The molecule has 0 aliphatic rings. The summed E-state index contributed by atoms with van der Waals surface area (Å²) in [6, 6.07) is 21.0. The predicted molar refractivity (Wildman–Crippen MR) is 139 cm³/mol. The number of likely N-dealkylation sites (N-methyl/N-ethyl adjacent to an activating group) is 1. The van der Waals surface area contributed by atoms with Crippen molar-refractivity contribution < 1.29 is 13.2 Å². The molecule has 3 N–H and O–H groups in total. The van der Waals surface area contributed by atoms with E-state index in [2.05, 4.69) is 25.3 Å². The predicted octanol–water partition coefficient (Wildman–Crippen LogP) is 4.20. The number of rotatable bonds is 7. The maximum Gasteiger partial charge on any atom is 0.261 e. The molecule has 10 heteroatoms. The number of hydrogen-bond acceptors (Lipinski definition) is 5. The Balaban J connectivity index is 1.37. The number of aromatic amines is 1. The lowest BCUT2D eigenvalue weighted by Gasteiger charge is -2.09. The van der Waals surface area contributed by atoms with Gasteiger partial charge < -0.3 is 5.32 Å². The van der Waals surface area contributed by atoms with Crippen molar-refractivity contribution in [2.75, 3.05) is 11.8 Å². The third-order valence-electron chi connectivity index (χ3n) is 5.98. The van der Waals surface area contributed by atoms with Crippen LogP contribution in [0.2, 0.25) is 0 Å². The molecule has 0 radical (unpaired) electrons. The van der Waals surface area contributed by atoms with Crippen LogP contribution in [0.15, 0.2) is 90.1 Å². The van der Waals surface area contributed by atoms with Crippen LogP contribution in [-0.2, 0) is 14.8 Å². The number of carbonyl (C=O) groups is 1. The Labute approximate surface area is 208 Å². The lowest BCUT2D eigenvalue weighted by Crippen LogP contribution is -2.27. The molecule has 5 rings (SSSR count). The van der Waals surface area contributed by atoms with Crippen LogP contribution in [0.1, 0.15) is 13.0 Å². The highest BCUT2D eigenvalue weighted by Gasteiger charge is 2.17. The van der Waals surface area contributed by atoms with Gasteiger partial charge in [-0.15, -0.1) is 0 Å². The summed E-state index contributed by atoms with van der Waals surface area (Å²) in [6.07, 6.45) is 3.50. The maximum atomic E-state index is 12.6. The first-order valence-electron chi connectivity index (χ1n) is 11.3. The first kappa shape index (κ1) is 23.3. The SMILES string of the molecule is CNC(=O)C(C)n1cc(-c2n[nH]c3cc(-c4ccc(NS(=O)(=O)c5ccccc5)cc4)ccc23)cn1. The molecule has 0 fully saturated rings. The van der Waals surface area contributed by atoms with E-state index in [9.17, 15) is 13.2 Å². The first-order valence-corrected chi connectivity index (χ1v) is 12.8. The quantitative estimate of drug-likeness (QED) is 0.309. The van der Waals surface area contributed by atoms with Gasteiger partial charge in [0.1, 0.15) is 11.7 Å². The summed E-state index contributed by atoms with van der Waals surface area (Å²) in [5, 5.41) is 15.4. The third-order valence-corrected chi connectivity index (χ3v) is 7.38. The van der Waals surface area contributed by atoms with Gasteiger partial charge in [-0.1, -0.05) is 36.4 Å². The van der Waals surface area contributed by atoms with Crippen molar-refractivity contribution in [2.45, 2.75) is 17.9 Å². The van der Waals surface area contributed by atoms with Crippen molar-refractivity contribution in [3.8, 4) is 22.4 Å². The number of nitrogens with one attached hydrogen (secondary N) is 3. The lowest BCUT2D eigenvalue weighted by atomic mass is 10.0. The zero-order valence-corrected chi connectivity index (χ0v) is 20.5. The first-order chi connectivity index (χ1) is 17.4. The van der Waals surface area contributed by atoms with Crippen LogP contribution in [0.25, 0.3) is 33.3 Å². The second kappa shape index (κ2) is 9.31. The summed E-state index contributed by atoms with van der Waals surface area (Å²) in [6.45, 7) is 1.78. The van der Waals surface area contributed by atoms with Crippen molar-refractivity contribution in [3.05, 3.63) is 85.2 Å². The van der Waals surface area contributed by atoms with Gasteiger partial charge in [-0.05, 0) is 54.4 Å². The van der Waals surface area contributed by atoms with E-state index in [-0.39, 0.29) is 10.8 Å². The summed E-state index contributed by atoms with van der Waals surface area (Å²) >= 11 is 0. The van der Waals surface area contributed by atoms with Gasteiger partial charge in [0.15, 0.2) is 0 Å². The Morgan fingerprint density at radius 2 is 1.69 bits per heavy atom. The fourth-order valence-electron chi connectivity index (χ4n) is 3.96. The van der Waals surface area contributed by atoms with Crippen LogP contribution in [0, 0.1) is 0 Å². The Kier molecular flexibility index (Phi) is 6.03. The number of carbonyl (C=O) groups excluding carboxylic acids is 1. The highest BCUT2D eigenvalue weighted by atomic mass is 32.2. The van der Waals surface area contributed by atoms with Gasteiger partial charge in [0.25, 0.3) is 10.0 Å². The molecule has 182 valence electrons. The molecular formula is C26H24N6O3S. The third kappa shape index (κ3) is 4.46. The minimum atomic E-state index is -3.65. The Hall–Kier alpha value is -4.44. The minimum Gasteiger partial charge on any atom is -0.357 e. The fraction of sp³-hybridized carbons (Fsp3) is 0.115. The van der Waals surface area contributed by atoms with E-state index < -0.39 is 16.1 Å². The molecule has 0 saturated carbocycles. The molecule has 0 saturated heterocycles. The number of benzene rings is 3. The molecular weight excluding hydrogens is 476 g/mol. The van der Waals surface area contributed by atoms with Crippen molar-refractivity contribution in [1.82, 2.24) is 25.3 Å². The van der Waals surface area contributed by atoms with E-state index in [4.69, 9.17) is 0 Å². The molecule has 0 aliphatic carbocycles. The number of anilines is 1. The molecule has 5 aromatic rings. The highest BCUT2D eigenvalue weighted by molar-refractivity contribution is 7.92. The molecule has 36 heavy (non-hydrogen) atoms. The number of aromatic nitrogens is 4. The Morgan fingerprint density at radius 1 is 0.972 bits per heavy atom. The molecule has 1 atom stereocenters. The van der Waals surface area contributed by atoms with E-state index >= 15 is 0 Å². The number of hydrogen-bond donors (Lipinski definition) is 3. The van der Waals surface area contributed by atoms with Crippen molar-refractivity contribution in [2.24, 2.45) is 0 Å². The van der Waals surface area contributed by atoms with Crippen LogP contribution in [-0.4, -0.2) is 41.4 Å². The topological polar surface area (TPSA) is 122 Å². The smallest absolute Gasteiger partial charge is 0.261 e. The lowest BCUT2D eigenvalue weighted by molar-refractivity contribution is -0.123. The largest absolute Gasteiger partial charge is 0.357 e. The van der Waals surface area contributed by atoms with Crippen molar-refractivity contribution in [1.29, 1.82) is 0 Å². The Morgan fingerprint density at radius 3 is 2.42 bits per heavy atom. The fourth-order valence-corrected chi connectivity index (χ4v) is 5.04. The van der Waals surface area contributed by atoms with Crippen LogP contribution >= 0.6 is 0 Å². The summed E-state index contributed by atoms with van der Waals surface area (Å²) in [5.41, 5.74) is 4.78. The zero-order valence-electron chi connectivity index (χ0n) is 19.6. The molecule has 2 heterocycles. The van der Waals surface area contributed by atoms with Gasteiger partial charge in [0, 0.05) is 29.9 Å². The number of amides is 1. The van der Waals surface area contributed by atoms with Gasteiger partial charge >= 0.3 is 0 Å².